The molecule has 3 rings (SSSR count). The van der Waals surface area contributed by atoms with Crippen LogP contribution in [-0.4, -0.2) is 52.5 Å². The Morgan fingerprint density at radius 1 is 1.30 bits per heavy atom. The van der Waals surface area contributed by atoms with Gasteiger partial charge in [0, 0.05) is 19.6 Å². The molecule has 0 saturated carbocycles. The summed E-state index contributed by atoms with van der Waals surface area (Å²) in [5.74, 6) is 1.35. The molecule has 0 aliphatic carbocycles. The highest BCUT2D eigenvalue weighted by Crippen LogP contribution is 2.23. The van der Waals surface area contributed by atoms with Crippen molar-refractivity contribution in [2.75, 3.05) is 26.7 Å². The summed E-state index contributed by atoms with van der Waals surface area (Å²) in [7, 11) is 2.02. The van der Waals surface area contributed by atoms with E-state index >= 15 is 0 Å². The number of hydrogen-bond acceptors (Lipinski definition) is 5. The molecule has 1 fully saturated rings. The first-order valence-corrected chi connectivity index (χ1v) is 7.87. The summed E-state index contributed by atoms with van der Waals surface area (Å²) in [4.78, 5) is 21.0. The summed E-state index contributed by atoms with van der Waals surface area (Å²) >= 11 is 0. The van der Waals surface area contributed by atoms with E-state index < -0.39 is 0 Å². The maximum Gasteiger partial charge on any atom is 0.245 e. The second-order valence-electron chi connectivity index (χ2n) is 6.12. The van der Waals surface area contributed by atoms with Gasteiger partial charge in [0.2, 0.25) is 11.8 Å². The van der Waals surface area contributed by atoms with E-state index in [2.05, 4.69) is 15.0 Å². The second-order valence-corrected chi connectivity index (χ2v) is 6.12. The van der Waals surface area contributed by atoms with E-state index in [0.717, 1.165) is 24.2 Å². The summed E-state index contributed by atoms with van der Waals surface area (Å²) in [6, 6.07) is 7.99. The van der Waals surface area contributed by atoms with Crippen molar-refractivity contribution in [2.24, 2.45) is 0 Å². The Morgan fingerprint density at radius 2 is 2.09 bits per heavy atom. The van der Waals surface area contributed by atoms with Gasteiger partial charge in [0.15, 0.2) is 5.82 Å². The normalized spacial score (nSPS) is 19.1. The van der Waals surface area contributed by atoms with Crippen LogP contribution in [0.5, 0.6) is 0 Å². The van der Waals surface area contributed by atoms with E-state index in [1.165, 1.54) is 0 Å². The molecular weight excluding hydrogens is 292 g/mol. The Hall–Kier alpha value is -2.21. The van der Waals surface area contributed by atoms with Crippen molar-refractivity contribution >= 4 is 5.91 Å². The van der Waals surface area contributed by atoms with E-state index in [9.17, 15) is 4.79 Å². The monoisotopic (exact) mass is 314 g/mol. The van der Waals surface area contributed by atoms with E-state index in [4.69, 9.17) is 4.52 Å². The van der Waals surface area contributed by atoms with Gasteiger partial charge in [-0.05, 0) is 32.0 Å². The van der Waals surface area contributed by atoms with Gasteiger partial charge >= 0.3 is 0 Å². The number of hydrogen-bond donors (Lipinski definition) is 0. The first-order valence-electron chi connectivity index (χ1n) is 7.87. The minimum absolute atomic E-state index is 0.0363. The summed E-state index contributed by atoms with van der Waals surface area (Å²) in [5, 5.41) is 3.86. The van der Waals surface area contributed by atoms with E-state index in [0.29, 0.717) is 24.7 Å². The number of benzene rings is 1. The Morgan fingerprint density at radius 3 is 2.78 bits per heavy atom. The van der Waals surface area contributed by atoms with Crippen LogP contribution < -0.4 is 0 Å². The van der Waals surface area contributed by atoms with Gasteiger partial charge in [0.1, 0.15) is 6.04 Å². The number of aryl methyl sites for hydroxylation is 2. The average Bonchev–Trinajstić information content (AvgIpc) is 2.96. The molecule has 6 heteroatoms. The van der Waals surface area contributed by atoms with Gasteiger partial charge in [-0.15, -0.1) is 0 Å². The van der Waals surface area contributed by atoms with Crippen LogP contribution in [0, 0.1) is 13.8 Å². The smallest absolute Gasteiger partial charge is 0.245 e. The molecule has 0 N–H and O–H groups in total. The van der Waals surface area contributed by atoms with Crippen LogP contribution in [0.1, 0.15) is 28.9 Å². The fraction of sp³-hybridized carbons (Fsp3) is 0.471. The Bertz CT molecular complexity index is 697. The lowest BCUT2D eigenvalue weighted by Gasteiger charge is -2.37. The summed E-state index contributed by atoms with van der Waals surface area (Å²) in [6.45, 7) is 5.95. The molecule has 0 spiro atoms. The van der Waals surface area contributed by atoms with Crippen LogP contribution in [-0.2, 0) is 11.2 Å². The quantitative estimate of drug-likeness (QED) is 0.863. The number of likely N-dealkylation sites (N-methyl/N-ethyl adjacent to an activating group) is 1. The van der Waals surface area contributed by atoms with E-state index in [1.807, 2.05) is 43.1 Å². The van der Waals surface area contributed by atoms with E-state index in [-0.39, 0.29) is 11.9 Å². The molecule has 0 unspecified atom stereocenters. The standard InChI is InChI=1S/C17H22N4O2/c1-12-6-4-5-7-14(12)10-16(22)21-9-8-20(3)15(11-21)17-18-13(2)19-23-17/h4-7,15H,8-11H2,1-3H3/t15-/m1/s1. The highest BCUT2D eigenvalue weighted by Gasteiger charge is 2.32. The van der Waals surface area contributed by atoms with Gasteiger partial charge < -0.3 is 9.42 Å². The third-order valence-electron chi connectivity index (χ3n) is 4.43. The average molecular weight is 314 g/mol. The molecule has 1 aromatic heterocycles. The fourth-order valence-corrected chi connectivity index (χ4v) is 2.90. The molecule has 1 aromatic carbocycles. The topological polar surface area (TPSA) is 62.5 Å². The lowest BCUT2D eigenvalue weighted by atomic mass is 10.0. The van der Waals surface area contributed by atoms with Gasteiger partial charge in [0.25, 0.3) is 0 Å². The molecule has 1 atom stereocenters. The van der Waals surface area contributed by atoms with Gasteiger partial charge in [-0.3, -0.25) is 9.69 Å². The van der Waals surface area contributed by atoms with Crippen molar-refractivity contribution in [3.8, 4) is 0 Å². The zero-order valence-corrected chi connectivity index (χ0v) is 13.8. The van der Waals surface area contributed by atoms with E-state index in [1.54, 1.807) is 6.92 Å². The second kappa shape index (κ2) is 6.50. The van der Waals surface area contributed by atoms with Crippen molar-refractivity contribution in [3.63, 3.8) is 0 Å². The van der Waals surface area contributed by atoms with Crippen molar-refractivity contribution in [1.29, 1.82) is 0 Å². The largest absolute Gasteiger partial charge is 0.339 e. The van der Waals surface area contributed by atoms with Crippen molar-refractivity contribution in [3.05, 3.63) is 47.1 Å². The molecule has 0 radical (unpaired) electrons. The minimum Gasteiger partial charge on any atom is -0.339 e. The third kappa shape index (κ3) is 3.42. The van der Waals surface area contributed by atoms with Crippen LogP contribution >= 0.6 is 0 Å². The third-order valence-corrected chi connectivity index (χ3v) is 4.43. The molecule has 2 heterocycles. The zero-order chi connectivity index (χ0) is 16.4. The van der Waals surface area contributed by atoms with Crippen LogP contribution in [0.4, 0.5) is 0 Å². The number of carbonyl (C=O) groups is 1. The maximum absolute atomic E-state index is 12.6. The molecule has 1 aliphatic rings. The molecular formula is C17H22N4O2. The summed E-state index contributed by atoms with van der Waals surface area (Å²) in [5.41, 5.74) is 2.24. The Labute approximate surface area is 136 Å². The molecule has 1 saturated heterocycles. The molecule has 23 heavy (non-hydrogen) atoms. The van der Waals surface area contributed by atoms with Crippen molar-refractivity contribution in [1.82, 2.24) is 19.9 Å². The molecule has 6 nitrogen and oxygen atoms in total. The number of nitrogens with zero attached hydrogens (tertiary/aromatic N) is 4. The van der Waals surface area contributed by atoms with Gasteiger partial charge in [-0.2, -0.15) is 4.98 Å². The molecule has 0 bridgehead atoms. The minimum atomic E-state index is -0.0363. The first-order chi connectivity index (χ1) is 11.0. The highest BCUT2D eigenvalue weighted by atomic mass is 16.5. The number of aromatic nitrogens is 2. The Balaban J connectivity index is 1.71. The van der Waals surface area contributed by atoms with Crippen LogP contribution in [0.25, 0.3) is 0 Å². The first kappa shape index (κ1) is 15.7. The van der Waals surface area contributed by atoms with Crippen LogP contribution in [0.15, 0.2) is 28.8 Å². The number of piperazine rings is 1. The highest BCUT2D eigenvalue weighted by molar-refractivity contribution is 5.79. The lowest BCUT2D eigenvalue weighted by Crippen LogP contribution is -2.49. The lowest BCUT2D eigenvalue weighted by molar-refractivity contribution is -0.133. The van der Waals surface area contributed by atoms with Gasteiger partial charge in [-0.25, -0.2) is 0 Å². The fourth-order valence-electron chi connectivity index (χ4n) is 2.90. The number of amides is 1. The zero-order valence-electron chi connectivity index (χ0n) is 13.8. The number of rotatable bonds is 3. The van der Waals surface area contributed by atoms with Crippen LogP contribution in [0.2, 0.25) is 0 Å². The molecule has 1 amide bonds. The Kier molecular flexibility index (Phi) is 4.43. The molecule has 2 aromatic rings. The van der Waals surface area contributed by atoms with Crippen molar-refractivity contribution in [2.45, 2.75) is 26.3 Å². The van der Waals surface area contributed by atoms with Gasteiger partial charge in [-0.1, -0.05) is 29.4 Å². The van der Waals surface area contributed by atoms with Gasteiger partial charge in [0.05, 0.1) is 6.42 Å². The summed E-state index contributed by atoms with van der Waals surface area (Å²) < 4.78 is 5.30. The van der Waals surface area contributed by atoms with Crippen molar-refractivity contribution < 1.29 is 9.32 Å². The number of carbonyl (C=O) groups excluding carboxylic acids is 1. The molecule has 122 valence electrons. The van der Waals surface area contributed by atoms with Crippen LogP contribution in [0.3, 0.4) is 0 Å². The summed E-state index contributed by atoms with van der Waals surface area (Å²) in [6.07, 6.45) is 0.436. The maximum atomic E-state index is 12.6. The predicted molar refractivity (Wildman–Crippen MR) is 85.9 cm³/mol. The SMILES string of the molecule is Cc1noc([C@H]2CN(C(=O)Cc3ccccc3C)CCN2C)n1. The molecule has 1 aliphatic heterocycles. The predicted octanol–water partition coefficient (Wildman–Crippen LogP) is 1.74.